The van der Waals surface area contributed by atoms with Gasteiger partial charge in [-0.05, 0) is 41.7 Å². The molecule has 1 fully saturated rings. The van der Waals surface area contributed by atoms with Gasteiger partial charge in [-0.15, -0.1) is 0 Å². The average Bonchev–Trinajstić information content (AvgIpc) is 3.21. The Morgan fingerprint density at radius 1 is 0.935 bits per heavy atom. The van der Waals surface area contributed by atoms with Crippen molar-refractivity contribution >= 4 is 17.5 Å². The summed E-state index contributed by atoms with van der Waals surface area (Å²) in [6.45, 7) is 2.53. The predicted octanol–water partition coefficient (Wildman–Crippen LogP) is 4.70. The first kappa shape index (κ1) is 20.9. The number of nitrogens with one attached hydrogen (secondary N) is 1. The molecule has 0 radical (unpaired) electrons. The summed E-state index contributed by atoms with van der Waals surface area (Å²) in [5, 5.41) is 3.22. The first-order chi connectivity index (χ1) is 15.1. The highest BCUT2D eigenvalue weighted by molar-refractivity contribution is 6.00. The summed E-state index contributed by atoms with van der Waals surface area (Å²) in [7, 11) is 0. The third kappa shape index (κ3) is 5.02. The molecule has 1 saturated heterocycles. The quantitative estimate of drug-likeness (QED) is 0.611. The van der Waals surface area contributed by atoms with Gasteiger partial charge in [0.25, 0.3) is 0 Å². The molecule has 158 valence electrons. The smallest absolute Gasteiger partial charge is 0.227 e. The van der Waals surface area contributed by atoms with Gasteiger partial charge in [0, 0.05) is 18.7 Å². The summed E-state index contributed by atoms with van der Waals surface area (Å²) in [6, 6.07) is 28.1. The molecule has 4 nitrogen and oxygen atoms in total. The molecule has 31 heavy (non-hydrogen) atoms. The number of carbonyl (C=O) groups excluding carboxylic acids is 2. The van der Waals surface area contributed by atoms with Crippen molar-refractivity contribution in [1.82, 2.24) is 5.32 Å². The number of nitrogens with zero attached hydrogens (tertiary/aromatic N) is 1. The van der Waals surface area contributed by atoms with Gasteiger partial charge in [-0.2, -0.15) is 0 Å². The molecule has 4 heteroatoms. The van der Waals surface area contributed by atoms with E-state index in [1.807, 2.05) is 72.8 Å². The first-order valence-corrected chi connectivity index (χ1v) is 10.9. The summed E-state index contributed by atoms with van der Waals surface area (Å²) in [4.78, 5) is 27.5. The van der Waals surface area contributed by atoms with E-state index in [9.17, 15) is 9.59 Å². The zero-order valence-corrected chi connectivity index (χ0v) is 17.8. The van der Waals surface area contributed by atoms with Crippen molar-refractivity contribution in [3.63, 3.8) is 0 Å². The van der Waals surface area contributed by atoms with Crippen LogP contribution in [0.4, 0.5) is 5.69 Å². The highest BCUT2D eigenvalue weighted by Crippen LogP contribution is 2.27. The molecular weight excluding hydrogens is 384 g/mol. The Kier molecular flexibility index (Phi) is 6.46. The maximum atomic E-state index is 13.2. The molecule has 0 unspecified atom stereocenters. The van der Waals surface area contributed by atoms with Gasteiger partial charge < -0.3 is 10.2 Å². The minimum Gasteiger partial charge on any atom is -0.349 e. The SMILES string of the molecule is CCc1ccc(N2C[C@@H](C(=O)N[C@@H](Cc3ccccc3)c3ccccc3)CC2=O)cc1. The van der Waals surface area contributed by atoms with Crippen molar-refractivity contribution in [3.05, 3.63) is 102 Å². The fraction of sp³-hybridized carbons (Fsp3) is 0.259. The second kappa shape index (κ2) is 9.61. The summed E-state index contributed by atoms with van der Waals surface area (Å²) in [5.41, 5.74) is 4.32. The van der Waals surface area contributed by atoms with Crippen LogP contribution < -0.4 is 10.2 Å². The Morgan fingerprint density at radius 2 is 1.58 bits per heavy atom. The van der Waals surface area contributed by atoms with E-state index in [0.29, 0.717) is 13.0 Å². The van der Waals surface area contributed by atoms with Crippen LogP contribution >= 0.6 is 0 Å². The Labute approximate surface area is 183 Å². The van der Waals surface area contributed by atoms with Crippen molar-refractivity contribution in [2.75, 3.05) is 11.4 Å². The second-order valence-corrected chi connectivity index (χ2v) is 8.09. The van der Waals surface area contributed by atoms with E-state index in [-0.39, 0.29) is 30.2 Å². The lowest BCUT2D eigenvalue weighted by atomic mass is 9.97. The molecule has 3 aromatic carbocycles. The summed E-state index contributed by atoms with van der Waals surface area (Å²) in [5.74, 6) is -0.408. The Bertz CT molecular complexity index is 1020. The molecule has 4 rings (SSSR count). The number of carbonyl (C=O) groups is 2. The molecule has 0 aliphatic carbocycles. The number of anilines is 1. The molecule has 1 aliphatic heterocycles. The fourth-order valence-corrected chi connectivity index (χ4v) is 4.12. The molecule has 0 aromatic heterocycles. The summed E-state index contributed by atoms with van der Waals surface area (Å²) >= 11 is 0. The van der Waals surface area contributed by atoms with E-state index in [2.05, 4.69) is 24.4 Å². The topological polar surface area (TPSA) is 49.4 Å². The van der Waals surface area contributed by atoms with Crippen molar-refractivity contribution in [3.8, 4) is 0 Å². The number of hydrogen-bond acceptors (Lipinski definition) is 2. The van der Waals surface area contributed by atoms with Crippen LogP contribution in [0, 0.1) is 5.92 Å². The van der Waals surface area contributed by atoms with Crippen LogP contribution in [-0.4, -0.2) is 18.4 Å². The van der Waals surface area contributed by atoms with E-state index in [0.717, 1.165) is 23.2 Å². The number of aryl methyl sites for hydroxylation is 1. The number of amides is 2. The minimum atomic E-state index is -0.347. The molecule has 0 bridgehead atoms. The molecule has 1 N–H and O–H groups in total. The van der Waals surface area contributed by atoms with Crippen molar-refractivity contribution < 1.29 is 9.59 Å². The molecule has 0 saturated carbocycles. The standard InChI is InChI=1S/C27H28N2O2/c1-2-20-13-15-24(16-14-20)29-19-23(18-26(29)30)27(31)28-25(22-11-7-4-8-12-22)17-21-9-5-3-6-10-21/h3-16,23,25H,2,17-19H2,1H3,(H,28,31)/t23-,25-/m0/s1. The van der Waals surface area contributed by atoms with Crippen LogP contribution in [-0.2, 0) is 22.4 Å². The number of rotatable bonds is 7. The van der Waals surface area contributed by atoms with Gasteiger partial charge in [-0.3, -0.25) is 9.59 Å². The van der Waals surface area contributed by atoms with Gasteiger partial charge in [-0.1, -0.05) is 79.7 Å². The third-order valence-electron chi connectivity index (χ3n) is 5.95. The van der Waals surface area contributed by atoms with Crippen molar-refractivity contribution in [1.29, 1.82) is 0 Å². The normalized spacial score (nSPS) is 16.9. The second-order valence-electron chi connectivity index (χ2n) is 8.09. The average molecular weight is 413 g/mol. The molecule has 0 spiro atoms. The van der Waals surface area contributed by atoms with E-state index in [1.54, 1.807) is 4.90 Å². The molecule has 2 amide bonds. The fourth-order valence-electron chi connectivity index (χ4n) is 4.12. The van der Waals surface area contributed by atoms with Gasteiger partial charge in [0.05, 0.1) is 12.0 Å². The predicted molar refractivity (Wildman–Crippen MR) is 124 cm³/mol. The van der Waals surface area contributed by atoms with Crippen LogP contribution in [0.3, 0.4) is 0 Å². The lowest BCUT2D eigenvalue weighted by Crippen LogP contribution is -2.36. The van der Waals surface area contributed by atoms with Gasteiger partial charge in [0.2, 0.25) is 11.8 Å². The Balaban J connectivity index is 1.47. The highest BCUT2D eigenvalue weighted by atomic mass is 16.2. The maximum Gasteiger partial charge on any atom is 0.227 e. The zero-order valence-electron chi connectivity index (χ0n) is 17.8. The first-order valence-electron chi connectivity index (χ1n) is 10.9. The van der Waals surface area contributed by atoms with E-state index >= 15 is 0 Å². The maximum absolute atomic E-state index is 13.2. The zero-order chi connectivity index (χ0) is 21.6. The Morgan fingerprint density at radius 3 is 2.23 bits per heavy atom. The van der Waals surface area contributed by atoms with E-state index in [1.165, 1.54) is 5.56 Å². The summed E-state index contributed by atoms with van der Waals surface area (Å²) < 4.78 is 0. The number of hydrogen-bond donors (Lipinski definition) is 1. The van der Waals surface area contributed by atoms with Crippen molar-refractivity contribution in [2.45, 2.75) is 32.2 Å². The van der Waals surface area contributed by atoms with Gasteiger partial charge in [0.15, 0.2) is 0 Å². The van der Waals surface area contributed by atoms with Crippen LogP contribution in [0.2, 0.25) is 0 Å². The minimum absolute atomic E-state index is 0.00344. The van der Waals surface area contributed by atoms with E-state index < -0.39 is 0 Å². The third-order valence-corrected chi connectivity index (χ3v) is 5.95. The Hall–Kier alpha value is -3.40. The van der Waals surface area contributed by atoms with Gasteiger partial charge in [-0.25, -0.2) is 0 Å². The molecule has 2 atom stereocenters. The molecule has 1 heterocycles. The van der Waals surface area contributed by atoms with Crippen LogP contribution in [0.5, 0.6) is 0 Å². The van der Waals surface area contributed by atoms with Crippen LogP contribution in [0.1, 0.15) is 36.1 Å². The molecule has 3 aromatic rings. The highest BCUT2D eigenvalue weighted by Gasteiger charge is 2.36. The van der Waals surface area contributed by atoms with Gasteiger partial charge >= 0.3 is 0 Å². The summed E-state index contributed by atoms with van der Waals surface area (Å²) in [6.07, 6.45) is 1.91. The largest absolute Gasteiger partial charge is 0.349 e. The molecule has 1 aliphatic rings. The lowest BCUT2D eigenvalue weighted by molar-refractivity contribution is -0.127. The van der Waals surface area contributed by atoms with E-state index in [4.69, 9.17) is 0 Å². The number of benzene rings is 3. The molecular formula is C27H28N2O2. The van der Waals surface area contributed by atoms with Crippen molar-refractivity contribution in [2.24, 2.45) is 5.92 Å². The lowest BCUT2D eigenvalue weighted by Gasteiger charge is -2.22. The van der Waals surface area contributed by atoms with Gasteiger partial charge in [0.1, 0.15) is 0 Å². The van der Waals surface area contributed by atoms with Crippen LogP contribution in [0.15, 0.2) is 84.9 Å². The van der Waals surface area contributed by atoms with Crippen LogP contribution in [0.25, 0.3) is 0 Å². The monoisotopic (exact) mass is 412 g/mol.